The van der Waals surface area contributed by atoms with Crippen LogP contribution in [-0.2, 0) is 6.42 Å². The molecule has 0 aliphatic carbocycles. The van der Waals surface area contributed by atoms with Crippen LogP contribution in [0.25, 0.3) is 0 Å². The smallest absolute Gasteiger partial charge is 0.127 e. The molecule has 0 aromatic heterocycles. The second-order valence-corrected chi connectivity index (χ2v) is 5.32. The van der Waals surface area contributed by atoms with Gasteiger partial charge in [0.25, 0.3) is 0 Å². The van der Waals surface area contributed by atoms with Crippen LogP contribution in [-0.4, -0.2) is 32.1 Å². The number of ether oxygens (including phenoxy) is 1. The first-order chi connectivity index (χ1) is 9.10. The van der Waals surface area contributed by atoms with E-state index in [1.165, 1.54) is 6.07 Å². The summed E-state index contributed by atoms with van der Waals surface area (Å²) < 4.78 is 19.1. The van der Waals surface area contributed by atoms with E-state index >= 15 is 0 Å². The van der Waals surface area contributed by atoms with E-state index in [0.29, 0.717) is 18.2 Å². The zero-order valence-electron chi connectivity index (χ0n) is 11.9. The fourth-order valence-corrected chi connectivity index (χ4v) is 3.13. The average Bonchev–Trinajstić information content (AvgIpc) is 2.78. The molecule has 0 spiro atoms. The first kappa shape index (κ1) is 14.3. The van der Waals surface area contributed by atoms with Gasteiger partial charge in [0.1, 0.15) is 11.6 Å². The maximum atomic E-state index is 13.8. The van der Waals surface area contributed by atoms with Gasteiger partial charge in [-0.3, -0.25) is 4.90 Å². The maximum absolute atomic E-state index is 13.8. The zero-order chi connectivity index (χ0) is 14.0. The van der Waals surface area contributed by atoms with E-state index < -0.39 is 0 Å². The SMILES string of the molecule is CCc1c(OC)cc(F)cc1C1CC(CN)CN1C. The molecule has 1 saturated heterocycles. The topological polar surface area (TPSA) is 38.5 Å². The number of hydrogen-bond acceptors (Lipinski definition) is 3. The fourth-order valence-electron chi connectivity index (χ4n) is 3.13. The lowest BCUT2D eigenvalue weighted by Crippen LogP contribution is -2.21. The van der Waals surface area contributed by atoms with E-state index in [0.717, 1.165) is 30.5 Å². The van der Waals surface area contributed by atoms with Crippen molar-refractivity contribution in [3.8, 4) is 5.75 Å². The molecule has 0 bridgehead atoms. The quantitative estimate of drug-likeness (QED) is 0.909. The summed E-state index contributed by atoms with van der Waals surface area (Å²) in [6.45, 7) is 3.74. The van der Waals surface area contributed by atoms with E-state index in [-0.39, 0.29) is 11.9 Å². The number of methoxy groups -OCH3 is 1. The van der Waals surface area contributed by atoms with Crippen LogP contribution in [0.15, 0.2) is 12.1 Å². The predicted octanol–water partition coefficient (Wildman–Crippen LogP) is 2.35. The molecule has 1 heterocycles. The standard InChI is InChI=1S/C15H23FN2O/c1-4-12-13(6-11(16)7-15(12)19-3)14-5-10(8-17)9-18(14)2/h6-7,10,14H,4-5,8-9,17H2,1-3H3. The summed E-state index contributed by atoms with van der Waals surface area (Å²) in [5.41, 5.74) is 7.93. The largest absolute Gasteiger partial charge is 0.496 e. The Labute approximate surface area is 114 Å². The summed E-state index contributed by atoms with van der Waals surface area (Å²) in [7, 11) is 3.68. The minimum atomic E-state index is -0.228. The van der Waals surface area contributed by atoms with Gasteiger partial charge < -0.3 is 10.5 Å². The highest BCUT2D eigenvalue weighted by atomic mass is 19.1. The van der Waals surface area contributed by atoms with Crippen molar-refractivity contribution in [3.63, 3.8) is 0 Å². The van der Waals surface area contributed by atoms with E-state index in [4.69, 9.17) is 10.5 Å². The lowest BCUT2D eigenvalue weighted by atomic mass is 9.93. The summed E-state index contributed by atoms with van der Waals surface area (Å²) in [5, 5.41) is 0. The van der Waals surface area contributed by atoms with Crippen molar-refractivity contribution in [1.29, 1.82) is 0 Å². The van der Waals surface area contributed by atoms with E-state index in [9.17, 15) is 4.39 Å². The van der Waals surface area contributed by atoms with Gasteiger partial charge in [-0.05, 0) is 49.5 Å². The Bertz CT molecular complexity index is 450. The molecule has 2 unspecified atom stereocenters. The molecule has 1 aromatic rings. The van der Waals surface area contributed by atoms with Gasteiger partial charge in [-0.2, -0.15) is 0 Å². The molecule has 19 heavy (non-hydrogen) atoms. The molecule has 1 aliphatic rings. The average molecular weight is 266 g/mol. The first-order valence-electron chi connectivity index (χ1n) is 6.87. The molecular weight excluding hydrogens is 243 g/mol. The van der Waals surface area contributed by atoms with Crippen LogP contribution in [0.1, 0.15) is 30.5 Å². The van der Waals surface area contributed by atoms with Gasteiger partial charge in [-0.15, -0.1) is 0 Å². The van der Waals surface area contributed by atoms with Gasteiger partial charge in [0, 0.05) is 18.7 Å². The number of nitrogens with two attached hydrogens (primary N) is 1. The summed E-state index contributed by atoms with van der Waals surface area (Å²) in [6, 6.07) is 3.37. The predicted molar refractivity (Wildman–Crippen MR) is 74.9 cm³/mol. The Morgan fingerprint density at radius 2 is 2.21 bits per heavy atom. The molecule has 0 saturated carbocycles. The molecule has 2 rings (SSSR count). The molecule has 2 atom stereocenters. The van der Waals surface area contributed by atoms with Crippen LogP contribution in [0.5, 0.6) is 5.75 Å². The Morgan fingerprint density at radius 3 is 2.74 bits per heavy atom. The van der Waals surface area contributed by atoms with Crippen LogP contribution in [0, 0.1) is 11.7 Å². The van der Waals surface area contributed by atoms with Gasteiger partial charge >= 0.3 is 0 Å². The second kappa shape index (κ2) is 5.88. The van der Waals surface area contributed by atoms with Crippen molar-refractivity contribution in [3.05, 3.63) is 29.1 Å². The van der Waals surface area contributed by atoms with Crippen LogP contribution in [0.2, 0.25) is 0 Å². The monoisotopic (exact) mass is 266 g/mol. The van der Waals surface area contributed by atoms with E-state index in [2.05, 4.69) is 18.9 Å². The number of halogens is 1. The lowest BCUT2D eigenvalue weighted by Gasteiger charge is -2.23. The second-order valence-electron chi connectivity index (χ2n) is 5.32. The maximum Gasteiger partial charge on any atom is 0.127 e. The van der Waals surface area contributed by atoms with Gasteiger partial charge in [0.15, 0.2) is 0 Å². The molecule has 106 valence electrons. The van der Waals surface area contributed by atoms with Gasteiger partial charge in [0.2, 0.25) is 0 Å². The minimum Gasteiger partial charge on any atom is -0.496 e. The first-order valence-corrected chi connectivity index (χ1v) is 6.87. The molecule has 0 radical (unpaired) electrons. The number of benzene rings is 1. The summed E-state index contributed by atoms with van der Waals surface area (Å²) in [5.74, 6) is 0.921. The van der Waals surface area contributed by atoms with Crippen molar-refractivity contribution in [2.45, 2.75) is 25.8 Å². The third kappa shape index (κ3) is 2.74. The summed E-state index contributed by atoms with van der Waals surface area (Å²) in [6.07, 6.45) is 1.84. The molecule has 1 aromatic carbocycles. The van der Waals surface area contributed by atoms with Crippen molar-refractivity contribution in [2.24, 2.45) is 11.7 Å². The van der Waals surface area contributed by atoms with Crippen molar-refractivity contribution in [2.75, 3.05) is 27.2 Å². The third-order valence-corrected chi connectivity index (χ3v) is 4.11. The highest BCUT2D eigenvalue weighted by molar-refractivity contribution is 5.43. The Kier molecular flexibility index (Phi) is 4.42. The molecular formula is C15H23FN2O. The molecule has 0 amide bonds. The Hall–Kier alpha value is -1.13. The molecule has 3 nitrogen and oxygen atoms in total. The van der Waals surface area contributed by atoms with Gasteiger partial charge in [0.05, 0.1) is 7.11 Å². The number of rotatable bonds is 4. The molecule has 4 heteroatoms. The van der Waals surface area contributed by atoms with E-state index in [1.807, 2.05) is 0 Å². The van der Waals surface area contributed by atoms with Crippen LogP contribution >= 0.6 is 0 Å². The summed E-state index contributed by atoms with van der Waals surface area (Å²) >= 11 is 0. The minimum absolute atomic E-state index is 0.228. The summed E-state index contributed by atoms with van der Waals surface area (Å²) in [4.78, 5) is 2.27. The van der Waals surface area contributed by atoms with E-state index in [1.54, 1.807) is 13.2 Å². The van der Waals surface area contributed by atoms with Crippen LogP contribution < -0.4 is 10.5 Å². The molecule has 1 aliphatic heterocycles. The highest BCUT2D eigenvalue weighted by Crippen LogP contribution is 2.38. The van der Waals surface area contributed by atoms with Crippen molar-refractivity contribution < 1.29 is 9.13 Å². The number of hydrogen-bond donors (Lipinski definition) is 1. The van der Waals surface area contributed by atoms with Crippen molar-refractivity contribution in [1.82, 2.24) is 4.90 Å². The normalized spacial score (nSPS) is 23.8. The van der Waals surface area contributed by atoms with Crippen LogP contribution in [0.4, 0.5) is 4.39 Å². The van der Waals surface area contributed by atoms with Crippen LogP contribution in [0.3, 0.4) is 0 Å². The fraction of sp³-hybridized carbons (Fsp3) is 0.600. The zero-order valence-corrected chi connectivity index (χ0v) is 11.9. The Balaban J connectivity index is 2.41. The van der Waals surface area contributed by atoms with Gasteiger partial charge in [-0.1, -0.05) is 6.92 Å². The highest BCUT2D eigenvalue weighted by Gasteiger charge is 2.31. The van der Waals surface area contributed by atoms with Crippen molar-refractivity contribution >= 4 is 0 Å². The molecule has 2 N–H and O–H groups in total. The number of nitrogens with zero attached hydrogens (tertiary/aromatic N) is 1. The third-order valence-electron chi connectivity index (χ3n) is 4.11. The Morgan fingerprint density at radius 1 is 1.47 bits per heavy atom. The lowest BCUT2D eigenvalue weighted by molar-refractivity contribution is 0.310. The molecule has 1 fully saturated rings. The van der Waals surface area contributed by atoms with Gasteiger partial charge in [-0.25, -0.2) is 4.39 Å². The number of likely N-dealkylation sites (tertiary alicyclic amines) is 1.